The lowest BCUT2D eigenvalue weighted by Crippen LogP contribution is -2.39. The molecule has 3 rings (SSSR count). The van der Waals surface area contributed by atoms with Crippen LogP contribution in [0.4, 0.5) is 0 Å². The molecule has 0 radical (unpaired) electrons. The highest BCUT2D eigenvalue weighted by molar-refractivity contribution is 5.94. The van der Waals surface area contributed by atoms with Crippen molar-refractivity contribution >= 4 is 22.6 Å². The first-order valence-corrected chi connectivity index (χ1v) is 10.6. The van der Waals surface area contributed by atoms with E-state index in [9.17, 15) is 4.79 Å². The highest BCUT2D eigenvalue weighted by atomic mass is 16.5. The first kappa shape index (κ1) is 22.2. The summed E-state index contributed by atoms with van der Waals surface area (Å²) in [6, 6.07) is 21.9. The molecule has 0 heterocycles. The van der Waals surface area contributed by atoms with Crippen molar-refractivity contribution in [2.24, 2.45) is 4.99 Å². The third kappa shape index (κ3) is 6.47. The van der Waals surface area contributed by atoms with Crippen LogP contribution in [0.25, 0.3) is 10.8 Å². The molecule has 162 valence electrons. The number of aliphatic imine (C=N–C) groups is 1. The molecule has 3 aromatic carbocycles. The summed E-state index contributed by atoms with van der Waals surface area (Å²) in [6.07, 6.45) is 0.758. The van der Waals surface area contributed by atoms with Crippen LogP contribution in [-0.2, 0) is 6.42 Å². The van der Waals surface area contributed by atoms with Gasteiger partial charge in [-0.05, 0) is 42.5 Å². The number of hydrogen-bond acceptors (Lipinski definition) is 3. The quantitative estimate of drug-likeness (QED) is 0.283. The number of ether oxygens (including phenoxy) is 1. The van der Waals surface area contributed by atoms with Crippen molar-refractivity contribution in [1.29, 1.82) is 0 Å². The SMILES string of the molecule is CCNC(=NCCc1cccc(C(=O)NC)c1)NCCOc1cccc2ccccc12. The van der Waals surface area contributed by atoms with Crippen LogP contribution in [0.15, 0.2) is 71.7 Å². The monoisotopic (exact) mass is 418 g/mol. The second-order valence-corrected chi connectivity index (χ2v) is 7.04. The van der Waals surface area contributed by atoms with Gasteiger partial charge in [-0.25, -0.2) is 0 Å². The maximum absolute atomic E-state index is 11.8. The molecule has 0 saturated heterocycles. The Balaban J connectivity index is 1.50. The summed E-state index contributed by atoms with van der Waals surface area (Å²) in [7, 11) is 1.64. The molecule has 0 saturated carbocycles. The molecule has 6 nitrogen and oxygen atoms in total. The van der Waals surface area contributed by atoms with Crippen LogP contribution >= 0.6 is 0 Å². The molecule has 0 aliphatic rings. The number of rotatable bonds is 9. The van der Waals surface area contributed by atoms with E-state index in [0.29, 0.717) is 25.3 Å². The highest BCUT2D eigenvalue weighted by Crippen LogP contribution is 2.24. The number of nitrogens with zero attached hydrogens (tertiary/aromatic N) is 1. The molecular weight excluding hydrogens is 388 g/mol. The predicted octanol–water partition coefficient (Wildman–Crippen LogP) is 3.38. The third-order valence-corrected chi connectivity index (χ3v) is 4.83. The molecule has 0 fully saturated rings. The van der Waals surface area contributed by atoms with Gasteiger partial charge in [-0.3, -0.25) is 9.79 Å². The lowest BCUT2D eigenvalue weighted by atomic mass is 10.1. The lowest BCUT2D eigenvalue weighted by molar-refractivity contribution is 0.0963. The van der Waals surface area contributed by atoms with E-state index in [4.69, 9.17) is 4.74 Å². The minimum atomic E-state index is -0.0773. The maximum atomic E-state index is 11.8. The first-order valence-electron chi connectivity index (χ1n) is 10.6. The zero-order chi connectivity index (χ0) is 21.9. The van der Waals surface area contributed by atoms with Gasteiger partial charge in [0.25, 0.3) is 5.91 Å². The third-order valence-electron chi connectivity index (χ3n) is 4.83. The van der Waals surface area contributed by atoms with Crippen LogP contribution in [0.2, 0.25) is 0 Å². The van der Waals surface area contributed by atoms with Crippen LogP contribution in [0.3, 0.4) is 0 Å². The minimum absolute atomic E-state index is 0.0773. The van der Waals surface area contributed by atoms with Gasteiger partial charge in [-0.15, -0.1) is 0 Å². The summed E-state index contributed by atoms with van der Waals surface area (Å²) in [5.41, 5.74) is 1.75. The van der Waals surface area contributed by atoms with Crippen LogP contribution in [-0.4, -0.2) is 45.2 Å². The number of carbonyl (C=O) groups is 1. The van der Waals surface area contributed by atoms with E-state index in [2.05, 4.69) is 39.1 Å². The Kier molecular flexibility index (Phi) is 8.29. The van der Waals surface area contributed by atoms with Gasteiger partial charge in [-0.2, -0.15) is 0 Å². The molecule has 0 spiro atoms. The highest BCUT2D eigenvalue weighted by Gasteiger charge is 2.04. The van der Waals surface area contributed by atoms with Crippen molar-refractivity contribution in [3.8, 4) is 5.75 Å². The Morgan fingerprint density at radius 3 is 2.65 bits per heavy atom. The molecular formula is C25H30N4O2. The van der Waals surface area contributed by atoms with Crippen LogP contribution < -0.4 is 20.7 Å². The van der Waals surface area contributed by atoms with E-state index in [1.54, 1.807) is 7.05 Å². The van der Waals surface area contributed by atoms with Gasteiger partial charge in [0.15, 0.2) is 5.96 Å². The predicted molar refractivity (Wildman–Crippen MR) is 127 cm³/mol. The molecule has 31 heavy (non-hydrogen) atoms. The fraction of sp³-hybridized carbons (Fsp3) is 0.280. The maximum Gasteiger partial charge on any atom is 0.251 e. The number of nitrogens with one attached hydrogen (secondary N) is 3. The van der Waals surface area contributed by atoms with Crippen molar-refractivity contribution < 1.29 is 9.53 Å². The Morgan fingerprint density at radius 2 is 1.81 bits per heavy atom. The van der Waals surface area contributed by atoms with Gasteiger partial charge in [0.2, 0.25) is 0 Å². The molecule has 3 aromatic rings. The topological polar surface area (TPSA) is 74.8 Å². The van der Waals surface area contributed by atoms with Crippen LogP contribution in [0.1, 0.15) is 22.8 Å². The molecule has 6 heteroatoms. The molecule has 0 aliphatic carbocycles. The number of carbonyl (C=O) groups excluding carboxylic acids is 1. The van der Waals surface area contributed by atoms with Crippen LogP contribution in [0, 0.1) is 0 Å². The average molecular weight is 419 g/mol. The molecule has 0 atom stereocenters. The van der Waals surface area contributed by atoms with Crippen molar-refractivity contribution in [2.75, 3.05) is 33.3 Å². The number of amides is 1. The first-order chi connectivity index (χ1) is 15.2. The normalized spacial score (nSPS) is 11.2. The second-order valence-electron chi connectivity index (χ2n) is 7.04. The Bertz CT molecular complexity index is 1030. The fourth-order valence-electron chi connectivity index (χ4n) is 3.30. The standard InChI is InChI=1S/C25H30N4O2/c1-3-27-25(28-15-14-19-8-6-11-21(18-19)24(30)26-2)29-16-17-31-23-13-7-10-20-9-4-5-12-22(20)23/h4-13,18H,3,14-17H2,1-2H3,(H,26,30)(H2,27,28,29). The zero-order valence-electron chi connectivity index (χ0n) is 18.2. The Hall–Kier alpha value is -3.54. The van der Waals surface area contributed by atoms with E-state index in [-0.39, 0.29) is 5.91 Å². The summed E-state index contributed by atoms with van der Waals surface area (Å²) in [5, 5.41) is 11.5. The van der Waals surface area contributed by atoms with Gasteiger partial charge in [-0.1, -0.05) is 48.5 Å². The summed E-state index contributed by atoms with van der Waals surface area (Å²) < 4.78 is 5.98. The van der Waals surface area contributed by atoms with E-state index in [1.807, 2.05) is 55.5 Å². The van der Waals surface area contributed by atoms with Gasteiger partial charge in [0.1, 0.15) is 12.4 Å². The van der Waals surface area contributed by atoms with Gasteiger partial charge in [0.05, 0.1) is 6.54 Å². The van der Waals surface area contributed by atoms with Crippen molar-refractivity contribution in [3.05, 3.63) is 77.9 Å². The van der Waals surface area contributed by atoms with Gasteiger partial charge < -0.3 is 20.7 Å². The second kappa shape index (κ2) is 11.6. The molecule has 0 aromatic heterocycles. The average Bonchev–Trinajstić information content (AvgIpc) is 2.81. The summed E-state index contributed by atoms with van der Waals surface area (Å²) in [5.74, 6) is 1.57. The number of guanidine groups is 1. The Morgan fingerprint density at radius 1 is 1.00 bits per heavy atom. The molecule has 0 aliphatic heterocycles. The van der Waals surface area contributed by atoms with Gasteiger partial charge >= 0.3 is 0 Å². The zero-order valence-corrected chi connectivity index (χ0v) is 18.2. The largest absolute Gasteiger partial charge is 0.491 e. The number of hydrogen-bond donors (Lipinski definition) is 3. The molecule has 1 amide bonds. The Labute approximate surface area is 183 Å². The molecule has 0 bridgehead atoms. The minimum Gasteiger partial charge on any atom is -0.491 e. The smallest absolute Gasteiger partial charge is 0.251 e. The number of fused-ring (bicyclic) bond motifs is 1. The summed E-state index contributed by atoms with van der Waals surface area (Å²) in [4.78, 5) is 16.4. The molecule has 3 N–H and O–H groups in total. The van der Waals surface area contributed by atoms with E-state index < -0.39 is 0 Å². The molecule has 0 unspecified atom stereocenters. The van der Waals surface area contributed by atoms with Crippen molar-refractivity contribution in [1.82, 2.24) is 16.0 Å². The van der Waals surface area contributed by atoms with Crippen molar-refractivity contribution in [3.63, 3.8) is 0 Å². The number of benzene rings is 3. The van der Waals surface area contributed by atoms with Crippen molar-refractivity contribution in [2.45, 2.75) is 13.3 Å². The summed E-state index contributed by atoms with van der Waals surface area (Å²) >= 11 is 0. The summed E-state index contributed by atoms with van der Waals surface area (Å²) in [6.45, 7) is 4.61. The van der Waals surface area contributed by atoms with E-state index in [0.717, 1.165) is 35.6 Å². The van der Waals surface area contributed by atoms with E-state index >= 15 is 0 Å². The van der Waals surface area contributed by atoms with E-state index in [1.165, 1.54) is 5.39 Å². The van der Waals surface area contributed by atoms with Crippen LogP contribution in [0.5, 0.6) is 5.75 Å². The fourth-order valence-corrected chi connectivity index (χ4v) is 3.30. The lowest BCUT2D eigenvalue weighted by Gasteiger charge is -2.13. The van der Waals surface area contributed by atoms with Gasteiger partial charge in [0, 0.05) is 31.1 Å².